The van der Waals surface area contributed by atoms with Crippen LogP contribution in [0, 0.1) is 0 Å². The van der Waals surface area contributed by atoms with E-state index in [2.05, 4.69) is 29.2 Å². The molecule has 1 heterocycles. The van der Waals surface area contributed by atoms with Crippen molar-refractivity contribution in [2.45, 2.75) is 38.5 Å². The lowest BCUT2D eigenvalue weighted by atomic mass is 10.1. The zero-order valence-electron chi connectivity index (χ0n) is 11.9. The van der Waals surface area contributed by atoms with Gasteiger partial charge in [0.25, 0.3) is 0 Å². The Bertz CT molecular complexity index is 163. The summed E-state index contributed by atoms with van der Waals surface area (Å²) in [6.07, 6.45) is 8.39. The van der Waals surface area contributed by atoms with Gasteiger partial charge in [0, 0.05) is 13.1 Å². The molecular formula is C14H31N3. The van der Waals surface area contributed by atoms with Crippen molar-refractivity contribution < 1.29 is 0 Å². The van der Waals surface area contributed by atoms with Crippen LogP contribution in [0.25, 0.3) is 0 Å². The fourth-order valence-corrected chi connectivity index (χ4v) is 2.42. The maximum atomic E-state index is 3.56. The largest absolute Gasteiger partial charge is 0.315 e. The fourth-order valence-electron chi connectivity index (χ4n) is 2.42. The highest BCUT2D eigenvalue weighted by molar-refractivity contribution is 4.63. The molecule has 0 bridgehead atoms. The van der Waals surface area contributed by atoms with E-state index < -0.39 is 0 Å². The molecule has 0 amide bonds. The molecule has 1 fully saturated rings. The summed E-state index contributed by atoms with van der Waals surface area (Å²) in [5.41, 5.74) is 0. The van der Waals surface area contributed by atoms with Crippen LogP contribution >= 0.6 is 0 Å². The van der Waals surface area contributed by atoms with Gasteiger partial charge in [0.1, 0.15) is 0 Å². The summed E-state index contributed by atoms with van der Waals surface area (Å²) in [4.78, 5) is 4.89. The predicted molar refractivity (Wildman–Crippen MR) is 75.6 cm³/mol. The van der Waals surface area contributed by atoms with E-state index >= 15 is 0 Å². The molecule has 0 spiro atoms. The van der Waals surface area contributed by atoms with Crippen molar-refractivity contribution >= 4 is 0 Å². The van der Waals surface area contributed by atoms with Gasteiger partial charge in [-0.15, -0.1) is 0 Å². The number of likely N-dealkylation sites (tertiary alicyclic amines) is 1. The van der Waals surface area contributed by atoms with Crippen molar-refractivity contribution in [1.82, 2.24) is 15.1 Å². The third kappa shape index (κ3) is 8.58. The van der Waals surface area contributed by atoms with Crippen LogP contribution in [0.15, 0.2) is 0 Å². The van der Waals surface area contributed by atoms with Gasteiger partial charge in [0.2, 0.25) is 0 Å². The van der Waals surface area contributed by atoms with Gasteiger partial charge in [-0.05, 0) is 59.5 Å². The van der Waals surface area contributed by atoms with Crippen molar-refractivity contribution in [2.75, 3.05) is 53.4 Å². The minimum atomic E-state index is 1.16. The highest BCUT2D eigenvalue weighted by Crippen LogP contribution is 2.09. The number of nitrogens with zero attached hydrogens (tertiary/aromatic N) is 2. The molecule has 0 aromatic heterocycles. The molecule has 0 radical (unpaired) electrons. The normalized spacial score (nSPS) is 19.2. The molecule has 1 N–H and O–H groups in total. The summed E-state index contributed by atoms with van der Waals surface area (Å²) in [6, 6.07) is 0. The predicted octanol–water partition coefficient (Wildman–Crippen LogP) is 1.79. The van der Waals surface area contributed by atoms with Crippen LogP contribution in [-0.4, -0.2) is 63.2 Å². The monoisotopic (exact) mass is 241 g/mol. The van der Waals surface area contributed by atoms with Crippen LogP contribution < -0.4 is 5.32 Å². The Balaban J connectivity index is 1.93. The van der Waals surface area contributed by atoms with Crippen LogP contribution in [0.3, 0.4) is 0 Å². The molecule has 0 aromatic carbocycles. The summed E-state index contributed by atoms with van der Waals surface area (Å²) in [5, 5.41) is 3.56. The summed E-state index contributed by atoms with van der Waals surface area (Å²) >= 11 is 0. The first-order chi connectivity index (χ1) is 8.29. The Kier molecular flexibility index (Phi) is 8.67. The molecule has 1 saturated heterocycles. The zero-order valence-corrected chi connectivity index (χ0v) is 11.9. The van der Waals surface area contributed by atoms with Crippen molar-refractivity contribution in [1.29, 1.82) is 0 Å². The van der Waals surface area contributed by atoms with Gasteiger partial charge in [-0.25, -0.2) is 0 Å². The lowest BCUT2D eigenvalue weighted by Crippen LogP contribution is -2.35. The van der Waals surface area contributed by atoms with E-state index in [1.165, 1.54) is 64.7 Å². The molecular weight excluding hydrogens is 210 g/mol. The molecule has 0 aromatic rings. The number of rotatable bonds is 7. The molecule has 17 heavy (non-hydrogen) atoms. The number of hydrogen-bond acceptors (Lipinski definition) is 3. The van der Waals surface area contributed by atoms with Gasteiger partial charge < -0.3 is 15.1 Å². The maximum Gasteiger partial charge on any atom is 0.0107 e. The van der Waals surface area contributed by atoms with Gasteiger partial charge >= 0.3 is 0 Å². The summed E-state index contributed by atoms with van der Waals surface area (Å²) in [7, 11) is 4.28. The average molecular weight is 241 g/mol. The summed E-state index contributed by atoms with van der Waals surface area (Å²) in [5.74, 6) is 0. The highest BCUT2D eigenvalue weighted by atomic mass is 15.1. The van der Waals surface area contributed by atoms with Gasteiger partial charge in [-0.1, -0.05) is 19.3 Å². The Morgan fingerprint density at radius 2 is 1.59 bits per heavy atom. The van der Waals surface area contributed by atoms with Gasteiger partial charge in [0.05, 0.1) is 0 Å². The van der Waals surface area contributed by atoms with Gasteiger partial charge in [0.15, 0.2) is 0 Å². The van der Waals surface area contributed by atoms with E-state index in [4.69, 9.17) is 0 Å². The average Bonchev–Trinajstić information content (AvgIpc) is 2.25. The molecule has 0 unspecified atom stereocenters. The lowest BCUT2D eigenvalue weighted by Gasteiger charge is -2.24. The minimum absolute atomic E-state index is 1.16. The standard InChI is InChI=1S/C14H31N3/c1-16(2)11-8-9-15-10-14-17-12-6-4-3-5-7-13-17/h15H,3-14H2,1-2H3. The van der Waals surface area contributed by atoms with Crippen molar-refractivity contribution in [3.8, 4) is 0 Å². The third-order valence-corrected chi connectivity index (χ3v) is 3.51. The van der Waals surface area contributed by atoms with Crippen LogP contribution in [0.2, 0.25) is 0 Å². The molecule has 3 heteroatoms. The first-order valence-corrected chi connectivity index (χ1v) is 7.37. The SMILES string of the molecule is CN(C)CCCNCCN1CCCCCCC1. The number of nitrogens with one attached hydrogen (secondary N) is 1. The van der Waals surface area contributed by atoms with Gasteiger partial charge in [-0.2, -0.15) is 0 Å². The van der Waals surface area contributed by atoms with E-state index in [0.29, 0.717) is 0 Å². The molecule has 0 atom stereocenters. The second-order valence-electron chi connectivity index (χ2n) is 5.52. The molecule has 1 rings (SSSR count). The summed E-state index contributed by atoms with van der Waals surface area (Å²) < 4.78 is 0. The first kappa shape index (κ1) is 14.9. The Labute approximate surface area is 108 Å². The van der Waals surface area contributed by atoms with E-state index in [9.17, 15) is 0 Å². The fraction of sp³-hybridized carbons (Fsp3) is 1.00. The van der Waals surface area contributed by atoms with Crippen molar-refractivity contribution in [3.63, 3.8) is 0 Å². The van der Waals surface area contributed by atoms with E-state index in [1.807, 2.05) is 0 Å². The topological polar surface area (TPSA) is 18.5 Å². The molecule has 0 saturated carbocycles. The van der Waals surface area contributed by atoms with E-state index in [-0.39, 0.29) is 0 Å². The van der Waals surface area contributed by atoms with E-state index in [0.717, 1.165) is 13.1 Å². The number of hydrogen-bond donors (Lipinski definition) is 1. The smallest absolute Gasteiger partial charge is 0.0107 e. The van der Waals surface area contributed by atoms with Crippen LogP contribution in [0.5, 0.6) is 0 Å². The molecule has 0 aliphatic carbocycles. The van der Waals surface area contributed by atoms with Crippen LogP contribution in [0.1, 0.15) is 38.5 Å². The maximum absolute atomic E-state index is 3.56. The molecule has 3 nitrogen and oxygen atoms in total. The highest BCUT2D eigenvalue weighted by Gasteiger charge is 2.06. The first-order valence-electron chi connectivity index (χ1n) is 7.37. The molecule has 1 aliphatic rings. The van der Waals surface area contributed by atoms with Crippen LogP contribution in [-0.2, 0) is 0 Å². The Hall–Kier alpha value is -0.120. The summed E-state index contributed by atoms with van der Waals surface area (Å²) in [6.45, 7) is 7.39. The molecule has 102 valence electrons. The van der Waals surface area contributed by atoms with Gasteiger partial charge in [-0.3, -0.25) is 0 Å². The van der Waals surface area contributed by atoms with Crippen LogP contribution in [0.4, 0.5) is 0 Å². The third-order valence-electron chi connectivity index (χ3n) is 3.51. The Morgan fingerprint density at radius 1 is 0.941 bits per heavy atom. The second kappa shape index (κ2) is 9.86. The lowest BCUT2D eigenvalue weighted by molar-refractivity contribution is 0.247. The van der Waals surface area contributed by atoms with Crippen molar-refractivity contribution in [3.05, 3.63) is 0 Å². The van der Waals surface area contributed by atoms with E-state index in [1.54, 1.807) is 0 Å². The minimum Gasteiger partial charge on any atom is -0.315 e. The zero-order chi connectivity index (χ0) is 12.3. The Morgan fingerprint density at radius 3 is 2.24 bits per heavy atom. The van der Waals surface area contributed by atoms with Crippen molar-refractivity contribution in [2.24, 2.45) is 0 Å². The second-order valence-corrected chi connectivity index (χ2v) is 5.52. The quantitative estimate of drug-likeness (QED) is 0.686. The molecule has 1 aliphatic heterocycles.